The molecule has 8 heteroatoms. The number of aromatic nitrogens is 3. The van der Waals surface area contributed by atoms with E-state index in [0.717, 1.165) is 30.4 Å². The first-order valence-corrected chi connectivity index (χ1v) is 10.6. The first kappa shape index (κ1) is 19.8. The van der Waals surface area contributed by atoms with Crippen molar-refractivity contribution in [1.29, 1.82) is 0 Å². The molecule has 2 aromatic heterocycles. The second-order valence-electron chi connectivity index (χ2n) is 7.94. The highest BCUT2D eigenvalue weighted by molar-refractivity contribution is 5.94. The Labute approximate surface area is 180 Å². The summed E-state index contributed by atoms with van der Waals surface area (Å²) in [5, 5.41) is 4.27. The number of para-hydroxylation sites is 1. The molecule has 4 heterocycles. The van der Waals surface area contributed by atoms with Crippen LogP contribution in [-0.2, 0) is 15.9 Å². The number of amides is 1. The largest absolute Gasteiger partial charge is 0.379 e. The van der Waals surface area contributed by atoms with Gasteiger partial charge in [0.05, 0.1) is 43.5 Å². The Morgan fingerprint density at radius 2 is 1.84 bits per heavy atom. The standard InChI is InChI=1S/C23H25N5O3/c29-22(18-12-25-23(26-13-18)28-7-9-30-10-8-28)27-21-15-31-14-17(21)11-16-5-6-24-20-4-2-1-3-19(16)20/h1-6,12-13,17,21H,7-11,14-15H2,(H,27,29). The molecule has 1 N–H and O–H groups in total. The second kappa shape index (κ2) is 8.95. The average Bonchev–Trinajstić information content (AvgIpc) is 3.26. The van der Waals surface area contributed by atoms with E-state index in [1.54, 1.807) is 12.4 Å². The molecule has 31 heavy (non-hydrogen) atoms. The smallest absolute Gasteiger partial charge is 0.254 e. The summed E-state index contributed by atoms with van der Waals surface area (Å²) in [7, 11) is 0. The zero-order valence-corrected chi connectivity index (χ0v) is 17.2. The van der Waals surface area contributed by atoms with E-state index in [9.17, 15) is 4.79 Å². The van der Waals surface area contributed by atoms with Crippen LogP contribution < -0.4 is 10.2 Å². The van der Waals surface area contributed by atoms with Gasteiger partial charge in [-0.05, 0) is 24.1 Å². The number of ether oxygens (including phenoxy) is 2. The van der Waals surface area contributed by atoms with E-state index in [1.165, 1.54) is 5.56 Å². The maximum atomic E-state index is 12.8. The number of rotatable bonds is 5. The molecule has 2 atom stereocenters. The van der Waals surface area contributed by atoms with Gasteiger partial charge in [0.15, 0.2) is 0 Å². The molecule has 160 valence electrons. The number of anilines is 1. The lowest BCUT2D eigenvalue weighted by atomic mass is 9.93. The number of morpholine rings is 1. The summed E-state index contributed by atoms with van der Waals surface area (Å²) in [4.78, 5) is 28.1. The molecule has 3 aromatic rings. The van der Waals surface area contributed by atoms with Crippen LogP contribution in [0.5, 0.6) is 0 Å². The van der Waals surface area contributed by atoms with Crippen LogP contribution in [0.2, 0.25) is 0 Å². The normalized spacial score (nSPS) is 21.4. The summed E-state index contributed by atoms with van der Waals surface area (Å²) < 4.78 is 11.1. The molecule has 0 bridgehead atoms. The molecule has 2 fully saturated rings. The third kappa shape index (κ3) is 4.35. The molecule has 5 rings (SSSR count). The third-order valence-electron chi connectivity index (χ3n) is 5.93. The van der Waals surface area contributed by atoms with Gasteiger partial charge in [0.1, 0.15) is 0 Å². The summed E-state index contributed by atoms with van der Waals surface area (Å²) in [6.07, 6.45) is 5.84. The van der Waals surface area contributed by atoms with Gasteiger partial charge in [-0.2, -0.15) is 0 Å². The number of nitrogens with zero attached hydrogens (tertiary/aromatic N) is 4. The van der Waals surface area contributed by atoms with Crippen LogP contribution in [0.25, 0.3) is 10.9 Å². The molecular formula is C23H25N5O3. The molecule has 1 aromatic carbocycles. The SMILES string of the molecule is O=C(NC1COCC1Cc1ccnc2ccccc12)c1cnc(N2CCOCC2)nc1. The molecule has 0 radical (unpaired) electrons. The van der Waals surface area contributed by atoms with Crippen LogP contribution in [0.15, 0.2) is 48.9 Å². The Morgan fingerprint density at radius 1 is 1.03 bits per heavy atom. The maximum Gasteiger partial charge on any atom is 0.254 e. The van der Waals surface area contributed by atoms with E-state index in [-0.39, 0.29) is 17.9 Å². The number of fused-ring (bicyclic) bond motifs is 1. The minimum atomic E-state index is -0.173. The van der Waals surface area contributed by atoms with Gasteiger partial charge in [-0.1, -0.05) is 18.2 Å². The summed E-state index contributed by atoms with van der Waals surface area (Å²) in [5.74, 6) is 0.656. The predicted octanol–water partition coefficient (Wildman–Crippen LogP) is 1.85. The highest BCUT2D eigenvalue weighted by atomic mass is 16.5. The quantitative estimate of drug-likeness (QED) is 0.675. The van der Waals surface area contributed by atoms with Crippen molar-refractivity contribution in [3.63, 3.8) is 0 Å². The minimum absolute atomic E-state index is 0.0571. The average molecular weight is 419 g/mol. The van der Waals surface area contributed by atoms with Crippen LogP contribution in [0.3, 0.4) is 0 Å². The van der Waals surface area contributed by atoms with E-state index in [1.807, 2.05) is 24.4 Å². The summed E-state index contributed by atoms with van der Waals surface area (Å²) in [6, 6.07) is 10.1. The lowest BCUT2D eigenvalue weighted by Gasteiger charge is -2.26. The third-order valence-corrected chi connectivity index (χ3v) is 5.93. The molecule has 0 saturated carbocycles. The van der Waals surface area contributed by atoms with Gasteiger partial charge in [0.2, 0.25) is 5.95 Å². The zero-order valence-electron chi connectivity index (χ0n) is 17.2. The van der Waals surface area contributed by atoms with Crippen molar-refractivity contribution in [3.8, 4) is 0 Å². The predicted molar refractivity (Wildman–Crippen MR) is 116 cm³/mol. The van der Waals surface area contributed by atoms with E-state index in [2.05, 4.69) is 37.3 Å². The van der Waals surface area contributed by atoms with Gasteiger partial charge < -0.3 is 19.7 Å². The lowest BCUT2D eigenvalue weighted by molar-refractivity contribution is 0.0924. The molecule has 2 aliphatic rings. The molecule has 2 unspecified atom stereocenters. The second-order valence-corrected chi connectivity index (χ2v) is 7.94. The lowest BCUT2D eigenvalue weighted by Crippen LogP contribution is -2.41. The fraction of sp³-hybridized carbons (Fsp3) is 0.391. The van der Waals surface area contributed by atoms with E-state index >= 15 is 0 Å². The molecule has 0 spiro atoms. The summed E-state index contributed by atoms with van der Waals surface area (Å²) >= 11 is 0. The molecule has 0 aliphatic carbocycles. The van der Waals surface area contributed by atoms with Crippen molar-refractivity contribution in [2.75, 3.05) is 44.4 Å². The van der Waals surface area contributed by atoms with Crippen molar-refractivity contribution in [2.45, 2.75) is 12.5 Å². The number of carbonyl (C=O) groups excluding carboxylic acids is 1. The number of hydrogen-bond acceptors (Lipinski definition) is 7. The van der Waals surface area contributed by atoms with Crippen LogP contribution >= 0.6 is 0 Å². The highest BCUT2D eigenvalue weighted by Gasteiger charge is 2.30. The summed E-state index contributed by atoms with van der Waals surface area (Å²) in [6.45, 7) is 3.98. The number of benzene rings is 1. The van der Waals surface area contributed by atoms with E-state index in [0.29, 0.717) is 37.9 Å². The molecule has 2 aliphatic heterocycles. The topological polar surface area (TPSA) is 89.5 Å². The fourth-order valence-corrected chi connectivity index (χ4v) is 4.19. The maximum absolute atomic E-state index is 12.8. The Bertz CT molecular complexity index is 1050. The molecule has 1 amide bonds. The van der Waals surface area contributed by atoms with Crippen molar-refractivity contribution in [1.82, 2.24) is 20.3 Å². The van der Waals surface area contributed by atoms with Crippen molar-refractivity contribution >= 4 is 22.8 Å². The van der Waals surface area contributed by atoms with Crippen molar-refractivity contribution in [3.05, 3.63) is 60.0 Å². The molecule has 2 saturated heterocycles. The van der Waals surface area contributed by atoms with Gasteiger partial charge in [-0.3, -0.25) is 9.78 Å². The van der Waals surface area contributed by atoms with Gasteiger partial charge in [0.25, 0.3) is 5.91 Å². The Kier molecular flexibility index (Phi) is 5.73. The first-order valence-electron chi connectivity index (χ1n) is 10.6. The zero-order chi connectivity index (χ0) is 21.0. The number of nitrogens with one attached hydrogen (secondary N) is 1. The van der Waals surface area contributed by atoms with Crippen molar-refractivity contribution < 1.29 is 14.3 Å². The Balaban J connectivity index is 1.25. The van der Waals surface area contributed by atoms with Crippen LogP contribution in [0.1, 0.15) is 15.9 Å². The highest BCUT2D eigenvalue weighted by Crippen LogP contribution is 2.24. The molecular weight excluding hydrogens is 394 g/mol. The minimum Gasteiger partial charge on any atom is -0.379 e. The first-order chi connectivity index (χ1) is 15.3. The Hall–Kier alpha value is -3.10. The van der Waals surface area contributed by atoms with Gasteiger partial charge >= 0.3 is 0 Å². The van der Waals surface area contributed by atoms with E-state index in [4.69, 9.17) is 9.47 Å². The van der Waals surface area contributed by atoms with Gasteiger partial charge in [0, 0.05) is 43.0 Å². The monoisotopic (exact) mass is 419 g/mol. The van der Waals surface area contributed by atoms with E-state index < -0.39 is 0 Å². The van der Waals surface area contributed by atoms with Gasteiger partial charge in [-0.25, -0.2) is 9.97 Å². The van der Waals surface area contributed by atoms with Crippen molar-refractivity contribution in [2.24, 2.45) is 5.92 Å². The number of hydrogen-bond donors (Lipinski definition) is 1. The van der Waals surface area contributed by atoms with Gasteiger partial charge in [-0.15, -0.1) is 0 Å². The number of carbonyl (C=O) groups is 1. The van der Waals surface area contributed by atoms with Crippen LogP contribution in [0, 0.1) is 5.92 Å². The number of pyridine rings is 1. The summed E-state index contributed by atoms with van der Waals surface area (Å²) in [5.41, 5.74) is 2.66. The fourth-order valence-electron chi connectivity index (χ4n) is 4.19. The Morgan fingerprint density at radius 3 is 2.68 bits per heavy atom. The van der Waals surface area contributed by atoms with Crippen LogP contribution in [-0.4, -0.2) is 66.4 Å². The van der Waals surface area contributed by atoms with Crippen LogP contribution in [0.4, 0.5) is 5.95 Å². The molecule has 8 nitrogen and oxygen atoms in total.